The molecule has 1 heterocycles. The van der Waals surface area contributed by atoms with Gasteiger partial charge >= 0.3 is 5.97 Å². The Morgan fingerprint density at radius 2 is 2.39 bits per heavy atom. The summed E-state index contributed by atoms with van der Waals surface area (Å²) in [6.07, 6.45) is 5.86. The van der Waals surface area contributed by atoms with E-state index in [1.807, 2.05) is 12.1 Å². The second-order valence-electron chi connectivity index (χ2n) is 4.30. The van der Waals surface area contributed by atoms with Crippen LogP contribution in [0.25, 0.3) is 0 Å². The zero-order valence-corrected chi connectivity index (χ0v) is 10.6. The van der Waals surface area contributed by atoms with E-state index >= 15 is 0 Å². The smallest absolute Gasteiger partial charge is 0.339 e. The first-order chi connectivity index (χ1) is 8.76. The minimum absolute atomic E-state index is 0.321. The number of carbonyl (C=O) groups excluding carboxylic acids is 1. The number of hydrogen-bond acceptors (Lipinski definition) is 4. The topological polar surface area (TPSA) is 42.4 Å². The summed E-state index contributed by atoms with van der Waals surface area (Å²) in [5.74, 6) is 0.573. The molecule has 1 aromatic rings. The number of aromatic nitrogens is 1. The predicted molar refractivity (Wildman–Crippen MR) is 70.8 cm³/mol. The molecule has 96 valence electrons. The maximum Gasteiger partial charge on any atom is 0.339 e. The molecule has 1 fully saturated rings. The van der Waals surface area contributed by atoms with Gasteiger partial charge in [0.25, 0.3) is 0 Å². The van der Waals surface area contributed by atoms with Crippen LogP contribution in [0.3, 0.4) is 0 Å². The molecule has 0 radical (unpaired) electrons. The molecule has 4 nitrogen and oxygen atoms in total. The first kappa shape index (κ1) is 12.6. The van der Waals surface area contributed by atoms with Crippen LogP contribution in [0.15, 0.2) is 31.0 Å². The molecule has 1 aromatic heterocycles. The summed E-state index contributed by atoms with van der Waals surface area (Å²) in [7, 11) is 0. The van der Waals surface area contributed by atoms with Crippen LogP contribution in [0.2, 0.25) is 0 Å². The van der Waals surface area contributed by atoms with Crippen molar-refractivity contribution >= 4 is 11.8 Å². The van der Waals surface area contributed by atoms with Crippen LogP contribution >= 0.6 is 0 Å². The van der Waals surface area contributed by atoms with Gasteiger partial charge in [0.1, 0.15) is 5.82 Å². The van der Waals surface area contributed by atoms with Crippen molar-refractivity contribution in [3.63, 3.8) is 0 Å². The molecule has 0 N–H and O–H groups in total. The van der Waals surface area contributed by atoms with Crippen LogP contribution in [0.5, 0.6) is 0 Å². The minimum Gasteiger partial charge on any atom is -0.462 e. The summed E-state index contributed by atoms with van der Waals surface area (Å²) in [6, 6.07) is 4.20. The molecule has 0 unspecified atom stereocenters. The molecule has 0 amide bonds. The van der Waals surface area contributed by atoms with Gasteiger partial charge < -0.3 is 9.64 Å². The summed E-state index contributed by atoms with van der Waals surface area (Å²) in [6.45, 7) is 6.72. The Morgan fingerprint density at radius 3 is 2.89 bits per heavy atom. The molecular formula is C14H18N2O2. The van der Waals surface area contributed by atoms with Gasteiger partial charge in [-0.25, -0.2) is 9.78 Å². The molecule has 2 rings (SSSR count). The minimum atomic E-state index is -0.321. The Balaban J connectivity index is 2.10. The van der Waals surface area contributed by atoms with E-state index in [0.717, 1.165) is 12.4 Å². The number of carbonyl (C=O) groups is 1. The van der Waals surface area contributed by atoms with Crippen LogP contribution in [-0.4, -0.2) is 30.1 Å². The highest BCUT2D eigenvalue weighted by molar-refractivity contribution is 5.89. The van der Waals surface area contributed by atoms with Gasteiger partial charge in [0.05, 0.1) is 12.2 Å². The van der Waals surface area contributed by atoms with Crippen molar-refractivity contribution in [2.75, 3.05) is 18.1 Å². The summed E-state index contributed by atoms with van der Waals surface area (Å²) in [4.78, 5) is 18.1. The van der Waals surface area contributed by atoms with Crippen molar-refractivity contribution in [2.24, 2.45) is 0 Å². The van der Waals surface area contributed by atoms with Gasteiger partial charge in [-0.3, -0.25) is 0 Å². The van der Waals surface area contributed by atoms with Crippen LogP contribution in [0.1, 0.15) is 30.1 Å². The average molecular weight is 246 g/mol. The van der Waals surface area contributed by atoms with Crippen molar-refractivity contribution in [2.45, 2.75) is 25.8 Å². The first-order valence-corrected chi connectivity index (χ1v) is 6.27. The van der Waals surface area contributed by atoms with Crippen molar-refractivity contribution < 1.29 is 9.53 Å². The zero-order chi connectivity index (χ0) is 13.0. The van der Waals surface area contributed by atoms with Crippen molar-refractivity contribution in [3.05, 3.63) is 36.5 Å². The van der Waals surface area contributed by atoms with Gasteiger partial charge in [0.15, 0.2) is 0 Å². The quantitative estimate of drug-likeness (QED) is 0.571. The van der Waals surface area contributed by atoms with Crippen LogP contribution in [0.4, 0.5) is 5.82 Å². The fourth-order valence-corrected chi connectivity index (χ4v) is 1.85. The molecule has 1 aliphatic rings. The molecule has 0 atom stereocenters. The maximum atomic E-state index is 11.5. The highest BCUT2D eigenvalue weighted by Gasteiger charge is 2.29. The van der Waals surface area contributed by atoms with Crippen LogP contribution < -0.4 is 4.90 Å². The van der Waals surface area contributed by atoms with E-state index in [-0.39, 0.29) is 5.97 Å². The van der Waals surface area contributed by atoms with E-state index in [1.165, 1.54) is 12.8 Å². The van der Waals surface area contributed by atoms with E-state index in [9.17, 15) is 4.79 Å². The molecule has 0 aliphatic heterocycles. The van der Waals surface area contributed by atoms with E-state index in [0.29, 0.717) is 18.2 Å². The molecule has 18 heavy (non-hydrogen) atoms. The lowest BCUT2D eigenvalue weighted by molar-refractivity contribution is 0.0526. The largest absolute Gasteiger partial charge is 0.462 e. The zero-order valence-electron chi connectivity index (χ0n) is 10.6. The number of pyridine rings is 1. The molecular weight excluding hydrogens is 228 g/mol. The summed E-state index contributed by atoms with van der Waals surface area (Å²) in [5.41, 5.74) is 0.495. The highest BCUT2D eigenvalue weighted by atomic mass is 16.5. The molecule has 0 bridgehead atoms. The van der Waals surface area contributed by atoms with Crippen molar-refractivity contribution in [1.29, 1.82) is 0 Å². The summed E-state index contributed by atoms with van der Waals surface area (Å²) < 4.78 is 4.93. The van der Waals surface area contributed by atoms with E-state index in [4.69, 9.17) is 4.74 Å². The number of nitrogens with zero attached hydrogens (tertiary/aromatic N) is 2. The summed E-state index contributed by atoms with van der Waals surface area (Å²) >= 11 is 0. The Bertz CT molecular complexity index is 424. The second kappa shape index (κ2) is 5.67. The van der Waals surface area contributed by atoms with E-state index < -0.39 is 0 Å². The molecule has 0 spiro atoms. The monoisotopic (exact) mass is 246 g/mol. The maximum absolute atomic E-state index is 11.5. The van der Waals surface area contributed by atoms with E-state index in [2.05, 4.69) is 16.5 Å². The predicted octanol–water partition coefficient (Wildman–Crippen LogP) is 2.41. The van der Waals surface area contributed by atoms with Gasteiger partial charge in [-0.15, -0.1) is 6.58 Å². The van der Waals surface area contributed by atoms with Gasteiger partial charge in [-0.1, -0.05) is 6.08 Å². The molecule has 0 aromatic carbocycles. The third kappa shape index (κ3) is 2.88. The Morgan fingerprint density at radius 1 is 1.61 bits per heavy atom. The third-order valence-corrected chi connectivity index (χ3v) is 2.87. The van der Waals surface area contributed by atoms with Crippen LogP contribution in [0, 0.1) is 0 Å². The number of anilines is 1. The lowest BCUT2D eigenvalue weighted by Crippen LogP contribution is -2.26. The van der Waals surface area contributed by atoms with Crippen molar-refractivity contribution in [3.8, 4) is 0 Å². The fourth-order valence-electron chi connectivity index (χ4n) is 1.85. The van der Waals surface area contributed by atoms with Crippen LogP contribution in [-0.2, 0) is 4.74 Å². The highest BCUT2D eigenvalue weighted by Crippen LogP contribution is 2.30. The molecule has 1 saturated carbocycles. The lowest BCUT2D eigenvalue weighted by atomic mass is 10.3. The lowest BCUT2D eigenvalue weighted by Gasteiger charge is -2.21. The number of esters is 1. The first-order valence-electron chi connectivity index (χ1n) is 6.27. The van der Waals surface area contributed by atoms with Gasteiger partial charge in [0, 0.05) is 18.8 Å². The van der Waals surface area contributed by atoms with E-state index in [1.54, 1.807) is 19.2 Å². The van der Waals surface area contributed by atoms with Crippen molar-refractivity contribution in [1.82, 2.24) is 4.98 Å². The fraction of sp³-hybridized carbons (Fsp3) is 0.429. The standard InChI is InChI=1S/C14H18N2O2/c1-3-9-16(12-6-7-12)13-8-5-11(10-15-13)14(17)18-4-2/h3,5,8,10,12H,1,4,6-7,9H2,2H3. The number of ether oxygens (including phenoxy) is 1. The summed E-state index contributed by atoms with van der Waals surface area (Å²) in [5, 5.41) is 0. The Hall–Kier alpha value is -1.84. The van der Waals surface area contributed by atoms with Gasteiger partial charge in [-0.05, 0) is 31.9 Å². The normalized spacial score (nSPS) is 14.1. The molecule has 4 heteroatoms. The number of hydrogen-bond donors (Lipinski definition) is 0. The SMILES string of the molecule is C=CCN(c1ccc(C(=O)OCC)cn1)C1CC1. The van der Waals surface area contributed by atoms with Gasteiger partial charge in [0.2, 0.25) is 0 Å². The molecule has 0 saturated heterocycles. The number of rotatable bonds is 6. The Labute approximate surface area is 107 Å². The molecule has 1 aliphatic carbocycles. The van der Waals surface area contributed by atoms with Gasteiger partial charge in [-0.2, -0.15) is 0 Å². The second-order valence-corrected chi connectivity index (χ2v) is 4.30. The average Bonchev–Trinajstić information content (AvgIpc) is 3.21. The Kier molecular flexibility index (Phi) is 3.97. The third-order valence-electron chi connectivity index (χ3n) is 2.87.